The summed E-state index contributed by atoms with van der Waals surface area (Å²) >= 11 is 0. The van der Waals surface area contributed by atoms with Gasteiger partial charge >= 0.3 is 0 Å². The molecular weight excluding hydrogens is 198 g/mol. The van der Waals surface area contributed by atoms with Crippen LogP contribution in [0.4, 0.5) is 0 Å². The van der Waals surface area contributed by atoms with Gasteiger partial charge in [0.05, 0.1) is 10.6 Å². The lowest BCUT2D eigenvalue weighted by Crippen LogP contribution is -2.28. The number of sulfone groups is 1. The maximum atomic E-state index is 11.7. The largest absolute Gasteiger partial charge is 0.360 e. The highest BCUT2D eigenvalue weighted by Crippen LogP contribution is 2.05. The number of hydrogen-bond donors (Lipinski definition) is 1. The van der Waals surface area contributed by atoms with Crippen LogP contribution in [0, 0.1) is 0 Å². The molecule has 76 valence electrons. The fraction of sp³-hybridized carbons (Fsp3) is 0.400. The van der Waals surface area contributed by atoms with Gasteiger partial charge in [-0.1, -0.05) is 19.1 Å². The third-order valence-corrected chi connectivity index (χ3v) is 4.26. The van der Waals surface area contributed by atoms with Crippen LogP contribution in [-0.4, -0.2) is 19.2 Å². The predicted octanol–water partition coefficient (Wildman–Crippen LogP) is 0.163. The van der Waals surface area contributed by atoms with Crippen LogP contribution in [0.2, 0.25) is 0 Å². The van der Waals surface area contributed by atoms with Crippen molar-refractivity contribution in [3.05, 3.63) is 16.8 Å². The lowest BCUT2D eigenvalue weighted by Gasteiger charge is -1.98. The Labute approximate surface area is 83.1 Å². The Hall–Kier alpha value is -1.03. The summed E-state index contributed by atoms with van der Waals surface area (Å²) < 4.78 is 23.4. The van der Waals surface area contributed by atoms with E-state index in [1.54, 1.807) is 13.1 Å². The summed E-state index contributed by atoms with van der Waals surface area (Å²) in [7, 11) is -3.08. The van der Waals surface area contributed by atoms with Crippen LogP contribution in [0.5, 0.6) is 0 Å². The van der Waals surface area contributed by atoms with Gasteiger partial charge in [-0.2, -0.15) is 0 Å². The van der Waals surface area contributed by atoms with Crippen molar-refractivity contribution in [2.45, 2.75) is 24.7 Å². The maximum Gasteiger partial charge on any atom is 0.180 e. The van der Waals surface area contributed by atoms with Gasteiger partial charge in [-0.15, -0.1) is 0 Å². The molecule has 0 atom stereocenters. The average Bonchev–Trinajstić information content (AvgIpc) is 2.61. The van der Waals surface area contributed by atoms with Gasteiger partial charge in [0.2, 0.25) is 0 Å². The van der Waals surface area contributed by atoms with Gasteiger partial charge in [0.15, 0.2) is 9.84 Å². The van der Waals surface area contributed by atoms with E-state index in [1.165, 1.54) is 0 Å². The van der Waals surface area contributed by atoms with Crippen LogP contribution < -0.4 is 10.6 Å². The number of aromatic amines is 1. The van der Waals surface area contributed by atoms with Crippen molar-refractivity contribution >= 4 is 22.0 Å². The quantitative estimate of drug-likeness (QED) is 0.757. The van der Waals surface area contributed by atoms with Gasteiger partial charge in [0, 0.05) is 16.8 Å². The van der Waals surface area contributed by atoms with E-state index in [2.05, 4.69) is 4.98 Å². The molecule has 1 aromatic rings. The van der Waals surface area contributed by atoms with Gasteiger partial charge in [-0.3, -0.25) is 0 Å². The summed E-state index contributed by atoms with van der Waals surface area (Å²) in [5.41, 5.74) is 0. The number of hydrogen-bond acceptors (Lipinski definition) is 2. The molecule has 1 aromatic heterocycles. The first kappa shape index (κ1) is 9.52. The molecular formula is C10H13NO2S. The van der Waals surface area contributed by atoms with Crippen molar-refractivity contribution in [1.29, 1.82) is 0 Å². The molecule has 1 aliphatic carbocycles. The maximum absolute atomic E-state index is 11.7. The highest BCUT2D eigenvalue weighted by atomic mass is 32.2. The van der Waals surface area contributed by atoms with E-state index in [9.17, 15) is 8.42 Å². The normalized spacial score (nSPS) is 15.5. The molecule has 0 aliphatic heterocycles. The number of rotatable bonds is 2. The summed E-state index contributed by atoms with van der Waals surface area (Å²) in [5.74, 6) is 0.158. The smallest absolute Gasteiger partial charge is 0.180 e. The van der Waals surface area contributed by atoms with Crippen LogP contribution in [-0.2, 0) is 9.84 Å². The van der Waals surface area contributed by atoms with Crippen molar-refractivity contribution in [2.75, 3.05) is 5.75 Å². The monoisotopic (exact) mass is 211 g/mol. The first-order valence-corrected chi connectivity index (χ1v) is 6.41. The van der Waals surface area contributed by atoms with Gasteiger partial charge in [-0.05, 0) is 12.8 Å². The summed E-state index contributed by atoms with van der Waals surface area (Å²) in [6, 6.07) is 0. The van der Waals surface area contributed by atoms with E-state index < -0.39 is 9.84 Å². The number of aromatic nitrogens is 1. The van der Waals surface area contributed by atoms with E-state index in [0.29, 0.717) is 4.90 Å². The highest BCUT2D eigenvalue weighted by Gasteiger charge is 2.15. The molecule has 0 amide bonds. The Kier molecular flexibility index (Phi) is 2.23. The Morgan fingerprint density at radius 3 is 2.79 bits per heavy atom. The van der Waals surface area contributed by atoms with Crippen LogP contribution in [0.25, 0.3) is 12.2 Å². The van der Waals surface area contributed by atoms with Crippen molar-refractivity contribution in [3.8, 4) is 0 Å². The fourth-order valence-corrected chi connectivity index (χ4v) is 2.76. The van der Waals surface area contributed by atoms with Crippen LogP contribution >= 0.6 is 0 Å². The Balaban J connectivity index is 2.76. The van der Waals surface area contributed by atoms with Crippen molar-refractivity contribution in [1.82, 2.24) is 4.98 Å². The molecule has 0 bridgehead atoms. The van der Waals surface area contributed by atoms with Gasteiger partial charge in [-0.25, -0.2) is 8.42 Å². The zero-order valence-corrected chi connectivity index (χ0v) is 8.89. The standard InChI is InChI=1S/C10H13NO2S/c1-2-14(12,13)10-7-11-9-6-4-3-5-8(9)10/h5-7,11H,2-4H2,1H3. The van der Waals surface area contributed by atoms with E-state index in [0.717, 1.165) is 23.4 Å². The Morgan fingerprint density at radius 2 is 2.07 bits per heavy atom. The second-order valence-corrected chi connectivity index (χ2v) is 5.62. The lowest BCUT2D eigenvalue weighted by molar-refractivity contribution is 0.597. The summed E-state index contributed by atoms with van der Waals surface area (Å²) in [4.78, 5) is 3.45. The molecule has 0 saturated heterocycles. The Bertz CT molecular complexity index is 551. The SMILES string of the molecule is CCS(=O)(=O)c1c[nH]c2c1=CCCC=2. The average molecular weight is 211 g/mol. The molecule has 0 radical (unpaired) electrons. The van der Waals surface area contributed by atoms with E-state index >= 15 is 0 Å². The highest BCUT2D eigenvalue weighted by molar-refractivity contribution is 7.91. The summed E-state index contributed by atoms with van der Waals surface area (Å²) in [6.45, 7) is 1.67. The van der Waals surface area contributed by atoms with E-state index in [4.69, 9.17) is 0 Å². The minimum absolute atomic E-state index is 0.158. The zero-order valence-electron chi connectivity index (χ0n) is 8.08. The molecule has 0 spiro atoms. The Morgan fingerprint density at radius 1 is 1.36 bits per heavy atom. The topological polar surface area (TPSA) is 49.9 Å². The molecule has 1 N–H and O–H groups in total. The van der Waals surface area contributed by atoms with Crippen molar-refractivity contribution in [2.24, 2.45) is 0 Å². The lowest BCUT2D eigenvalue weighted by atomic mass is 10.2. The number of fused-ring (bicyclic) bond motifs is 1. The van der Waals surface area contributed by atoms with E-state index in [1.807, 2.05) is 12.2 Å². The summed E-state index contributed by atoms with van der Waals surface area (Å²) in [6.07, 6.45) is 7.55. The number of H-pyrrole nitrogens is 1. The third kappa shape index (κ3) is 1.39. The predicted molar refractivity (Wildman–Crippen MR) is 55.9 cm³/mol. The van der Waals surface area contributed by atoms with Gasteiger partial charge in [0.25, 0.3) is 0 Å². The van der Waals surface area contributed by atoms with Crippen LogP contribution in [0.1, 0.15) is 19.8 Å². The molecule has 4 heteroatoms. The molecule has 0 aromatic carbocycles. The number of nitrogens with one attached hydrogen (secondary N) is 1. The molecule has 0 fully saturated rings. The molecule has 14 heavy (non-hydrogen) atoms. The molecule has 2 rings (SSSR count). The molecule has 1 aliphatic rings. The van der Waals surface area contributed by atoms with Crippen LogP contribution in [0.3, 0.4) is 0 Å². The molecule has 3 nitrogen and oxygen atoms in total. The second-order valence-electron chi connectivity index (χ2n) is 3.37. The third-order valence-electron chi connectivity index (χ3n) is 2.49. The first-order valence-electron chi connectivity index (χ1n) is 4.75. The van der Waals surface area contributed by atoms with Gasteiger partial charge < -0.3 is 4.98 Å². The molecule has 1 heterocycles. The second kappa shape index (κ2) is 3.28. The van der Waals surface area contributed by atoms with E-state index in [-0.39, 0.29) is 5.75 Å². The van der Waals surface area contributed by atoms with Crippen molar-refractivity contribution in [3.63, 3.8) is 0 Å². The van der Waals surface area contributed by atoms with Crippen LogP contribution in [0.15, 0.2) is 11.1 Å². The molecule has 0 unspecified atom stereocenters. The van der Waals surface area contributed by atoms with Crippen molar-refractivity contribution < 1.29 is 8.42 Å². The minimum Gasteiger partial charge on any atom is -0.360 e. The zero-order chi connectivity index (χ0) is 10.2. The van der Waals surface area contributed by atoms with Gasteiger partial charge in [0.1, 0.15) is 0 Å². The summed E-state index contributed by atoms with van der Waals surface area (Å²) in [5, 5.41) is 1.81. The minimum atomic E-state index is -3.08. The fourth-order valence-electron chi connectivity index (χ4n) is 1.68. The first-order chi connectivity index (χ1) is 6.65. The molecule has 0 saturated carbocycles.